The number of ether oxygens (including phenoxy) is 2. The number of aliphatic hydroxyl groups is 2. The number of carbonyl (C=O) groups excluding carboxylic acids is 9. The molecule has 618 valence electrons. The standard InChI is InChI=1S/C84H107N17O15/c1-48(85-9)73(104)92-71(83(3,4)5)80(111)98-42-61-38-69(98)78(109)89-66(36-52-20-26-54-16-12-14-18-56(54)32-52)76(107)88-65(75(106)87-60(44-102)45-103)34-50-22-28-64(29-23-50)116-47-59-41-101(97(11)95-59)62-39-70(99(43-62)81(112)72(84(6,7)8)93-74(105)49(2)86-10)79(110)90-67(37-53-21-27-55-17-13-15-19-57(55)33-53)77(108)91-68(82(113)114)35-51-24-30-63(31-25-51)115-46-58-40-100(61)96-94-58/h12-33,40-41,48-49,60-62,65-72,85-86,95,102-103H,34-39,42-47H2,1-11H3,(H,87,106)(H,88,107)(H,89,109)(H,90,110)(H,91,108)(H,92,104)(H,93,105)(H,113,114)/t48-,49-,61-,62-,65-,66-,67-,68-,69-,70-,71+,72+/m0/s1. The van der Waals surface area contributed by atoms with E-state index in [-0.39, 0.29) is 64.8 Å². The molecule has 2 fully saturated rings. The van der Waals surface area contributed by atoms with Crippen molar-refractivity contribution in [2.45, 2.75) is 179 Å². The van der Waals surface area contributed by atoms with Crippen LogP contribution in [0.25, 0.3) is 21.5 Å². The summed E-state index contributed by atoms with van der Waals surface area (Å²) in [5.41, 5.74) is 4.68. The van der Waals surface area contributed by atoms with Gasteiger partial charge >= 0.3 is 5.97 Å². The topological polar surface area (TPSA) is 414 Å². The molecule has 1 aromatic heterocycles. The highest BCUT2D eigenvalue weighted by atomic mass is 16.5. The number of fused-ring (bicyclic) bond motifs is 2. The average Bonchev–Trinajstić information content (AvgIpc) is 1.62. The lowest BCUT2D eigenvalue weighted by molar-refractivity contribution is -0.145. The first kappa shape index (κ1) is 85.3. The second-order valence-electron chi connectivity index (χ2n) is 32.5. The van der Waals surface area contributed by atoms with Gasteiger partial charge in [-0.25, -0.2) is 9.48 Å². The number of carboxylic acids is 1. The van der Waals surface area contributed by atoms with Crippen molar-refractivity contribution in [2.75, 3.05) is 54.1 Å². The largest absolute Gasteiger partial charge is 0.487 e. The van der Waals surface area contributed by atoms with E-state index in [1.165, 1.54) is 14.5 Å². The molecule has 12 bridgehead atoms. The molecule has 116 heavy (non-hydrogen) atoms. The van der Waals surface area contributed by atoms with Gasteiger partial charge in [-0.05, 0) is 107 Å². The van der Waals surface area contributed by atoms with Crippen molar-refractivity contribution in [3.05, 3.63) is 180 Å². The number of hydrazine groups is 2. The zero-order valence-electron chi connectivity index (χ0n) is 67.2. The number of nitrogens with zero attached hydrogens (tertiary/aromatic N) is 7. The van der Waals surface area contributed by atoms with Crippen molar-refractivity contribution in [1.82, 2.24) is 88.2 Å². The van der Waals surface area contributed by atoms with E-state index in [1.807, 2.05) is 89.9 Å². The summed E-state index contributed by atoms with van der Waals surface area (Å²) in [4.78, 5) is 150. The van der Waals surface area contributed by atoms with Crippen molar-refractivity contribution < 1.29 is 72.7 Å². The van der Waals surface area contributed by atoms with Crippen LogP contribution in [0.4, 0.5) is 0 Å². The summed E-state index contributed by atoms with van der Waals surface area (Å²) in [6.45, 7) is 12.4. The Bertz CT molecular complexity index is 4750. The van der Waals surface area contributed by atoms with Crippen LogP contribution in [0.2, 0.25) is 0 Å². The third-order valence-corrected chi connectivity index (χ3v) is 21.7. The molecule has 7 aromatic rings. The van der Waals surface area contributed by atoms with Gasteiger partial charge < -0.3 is 87.9 Å². The van der Waals surface area contributed by atoms with Crippen molar-refractivity contribution in [3.8, 4) is 11.5 Å². The van der Waals surface area contributed by atoms with Gasteiger partial charge in [0.2, 0.25) is 53.2 Å². The van der Waals surface area contributed by atoms with Crippen LogP contribution in [0.15, 0.2) is 152 Å². The van der Waals surface area contributed by atoms with Crippen LogP contribution in [0.1, 0.15) is 102 Å². The lowest BCUT2D eigenvalue weighted by atomic mass is 9.85. The zero-order valence-corrected chi connectivity index (χ0v) is 67.2. The Hall–Kier alpha value is -11.6. The molecule has 0 spiro atoms. The molecular weight excluding hydrogens is 1490 g/mol. The van der Waals surface area contributed by atoms with E-state index in [1.54, 1.807) is 143 Å². The number of likely N-dealkylation sites (tertiary alicyclic amines) is 2. The molecule has 0 radical (unpaired) electrons. The highest BCUT2D eigenvalue weighted by Crippen LogP contribution is 2.34. The quantitative estimate of drug-likeness (QED) is 0.0621. The molecule has 0 unspecified atom stereocenters. The molecule has 0 saturated carbocycles. The molecule has 8 heterocycles. The second-order valence-corrected chi connectivity index (χ2v) is 32.5. The van der Waals surface area contributed by atoms with Crippen molar-refractivity contribution in [3.63, 3.8) is 0 Å². The first-order valence-corrected chi connectivity index (χ1v) is 39.1. The third kappa shape index (κ3) is 21.1. The number of aliphatic carboxylic acids is 1. The fourth-order valence-corrected chi connectivity index (χ4v) is 14.7. The van der Waals surface area contributed by atoms with Gasteiger partial charge in [-0.1, -0.05) is 156 Å². The van der Waals surface area contributed by atoms with Gasteiger partial charge in [0.05, 0.1) is 55.3 Å². The number of hydrogen-bond donors (Lipinski definition) is 13. The molecule has 7 aliphatic rings. The van der Waals surface area contributed by atoms with Gasteiger partial charge in [0.15, 0.2) is 0 Å². The minimum Gasteiger partial charge on any atom is -0.487 e. The molecular formula is C84H107N17O15. The fourth-order valence-electron chi connectivity index (χ4n) is 14.7. The van der Waals surface area contributed by atoms with E-state index in [2.05, 4.69) is 63.6 Å². The van der Waals surface area contributed by atoms with Crippen LogP contribution in [0.5, 0.6) is 11.5 Å². The summed E-state index contributed by atoms with van der Waals surface area (Å²) in [6.07, 6.45) is 2.78. The molecule has 14 rings (SSSR count). The van der Waals surface area contributed by atoms with E-state index in [0.29, 0.717) is 45.1 Å². The first-order chi connectivity index (χ1) is 55.3. The van der Waals surface area contributed by atoms with Crippen LogP contribution in [-0.4, -0.2) is 236 Å². The highest BCUT2D eigenvalue weighted by Gasteiger charge is 2.50. The van der Waals surface area contributed by atoms with Crippen molar-refractivity contribution >= 4 is 80.7 Å². The monoisotopic (exact) mass is 1590 g/mol. The van der Waals surface area contributed by atoms with Crippen LogP contribution < -0.4 is 62.8 Å². The Balaban J connectivity index is 0.947. The second kappa shape index (κ2) is 37.4. The van der Waals surface area contributed by atoms with E-state index in [0.717, 1.165) is 21.5 Å². The zero-order chi connectivity index (χ0) is 83.4. The number of hydrogen-bond acceptors (Lipinski definition) is 21. The molecule has 0 aliphatic carbocycles. The number of amides is 9. The highest BCUT2D eigenvalue weighted by molar-refractivity contribution is 5.99. The summed E-state index contributed by atoms with van der Waals surface area (Å²) in [5, 5.41) is 72.9. The lowest BCUT2D eigenvalue weighted by Gasteiger charge is -2.36. The first-order valence-electron chi connectivity index (χ1n) is 39.1. The molecule has 32 heteroatoms. The maximum atomic E-state index is 15.5. The van der Waals surface area contributed by atoms with Crippen LogP contribution in [-0.2, 0) is 80.2 Å². The summed E-state index contributed by atoms with van der Waals surface area (Å²) in [6, 6.07) is 25.2. The van der Waals surface area contributed by atoms with Gasteiger partial charge in [-0.15, -0.1) is 10.2 Å². The number of rotatable bonds is 17. The van der Waals surface area contributed by atoms with E-state index >= 15 is 28.8 Å². The number of carbonyl (C=O) groups is 10. The SMILES string of the molecule is CN[C@@H](C)C(=O)N[C@H](C(=O)N1C[C@@H]2C[C@H]1C(=O)N[C@@H](Cc1ccc3ccccc3c1)C(=O)N[C@H](C(=O)O)Cc1ccc(cc1)OCc1cn(nn1)[C@H]1C[C@@H](C(=O)N[C@@H](Cc3ccc4ccccc4c3)C(=O)N[C@H](C(=O)NC(CO)CO)Cc3ccc(cc3)OCC3=CN2N(C)N3)N(C(=O)[C@@H](NC(=O)[C@H](C)NC)C(C)(C)C)C1)C(C)(C)C. The van der Waals surface area contributed by atoms with Gasteiger partial charge in [0.25, 0.3) is 0 Å². The molecule has 7 aliphatic heterocycles. The Morgan fingerprint density at radius 2 is 1.01 bits per heavy atom. The van der Waals surface area contributed by atoms with Crippen molar-refractivity contribution in [2.24, 2.45) is 10.8 Å². The van der Waals surface area contributed by atoms with E-state index < -0.39 is 162 Å². The molecule has 2 saturated heterocycles. The fraction of sp³-hybridized carbons (Fsp3) is 0.452. The Morgan fingerprint density at radius 1 is 0.560 bits per heavy atom. The third-order valence-electron chi connectivity index (χ3n) is 21.7. The molecule has 9 amide bonds. The molecule has 32 nitrogen and oxygen atoms in total. The Morgan fingerprint density at radius 3 is 1.47 bits per heavy atom. The van der Waals surface area contributed by atoms with Gasteiger partial charge in [-0.2, -0.15) is 0 Å². The summed E-state index contributed by atoms with van der Waals surface area (Å²) >= 11 is 0. The van der Waals surface area contributed by atoms with E-state index in [4.69, 9.17) is 9.47 Å². The minimum absolute atomic E-state index is 0.00944. The van der Waals surface area contributed by atoms with Gasteiger partial charge in [0, 0.05) is 64.9 Å². The minimum atomic E-state index is -1.52. The predicted molar refractivity (Wildman–Crippen MR) is 431 cm³/mol. The van der Waals surface area contributed by atoms with Crippen LogP contribution in [0.3, 0.4) is 0 Å². The molecule has 12 atom stereocenters. The number of benzene rings is 6. The Labute approximate surface area is 673 Å². The summed E-state index contributed by atoms with van der Waals surface area (Å²) in [5.74, 6) is -6.53. The average molecular weight is 1590 g/mol. The molecule has 13 N–H and O–H groups in total. The molecule has 6 aromatic carbocycles. The Kier molecular flexibility index (Phi) is 27.5. The van der Waals surface area contributed by atoms with Crippen LogP contribution >= 0.6 is 0 Å². The summed E-state index contributed by atoms with van der Waals surface area (Å²) in [7, 11) is 4.96. The van der Waals surface area contributed by atoms with Gasteiger partial charge in [0.1, 0.15) is 78.7 Å². The number of likely N-dealkylation sites (N-methyl/N-ethyl adjacent to an activating group) is 2. The lowest BCUT2D eigenvalue weighted by Crippen LogP contribution is -2.61. The van der Waals surface area contributed by atoms with Crippen molar-refractivity contribution in [1.29, 1.82) is 0 Å². The number of aromatic nitrogens is 3. The number of carboxylic acid groups (broad SMARTS) is 1. The smallest absolute Gasteiger partial charge is 0.326 e. The van der Waals surface area contributed by atoms with Gasteiger partial charge in [-0.3, -0.25) is 48.2 Å². The predicted octanol–water partition coefficient (Wildman–Crippen LogP) is 2.22. The number of aliphatic hydroxyl groups excluding tert-OH is 2. The van der Waals surface area contributed by atoms with Crippen LogP contribution in [0, 0.1) is 10.8 Å². The number of nitrogens with one attached hydrogen (secondary N) is 10. The maximum Gasteiger partial charge on any atom is 0.326 e. The normalized spacial score (nSPS) is 21.9. The van der Waals surface area contributed by atoms with E-state index in [9.17, 15) is 34.5 Å². The summed E-state index contributed by atoms with van der Waals surface area (Å²) < 4.78 is 14.1. The maximum absolute atomic E-state index is 15.5.